The van der Waals surface area contributed by atoms with E-state index in [1.54, 1.807) is 25.1 Å². The summed E-state index contributed by atoms with van der Waals surface area (Å²) in [7, 11) is 0. The lowest BCUT2D eigenvalue weighted by molar-refractivity contribution is -0.384. The van der Waals surface area contributed by atoms with Gasteiger partial charge in [0.15, 0.2) is 0 Å². The molecule has 0 atom stereocenters. The largest absolute Gasteiger partial charge is 0.545 e. The van der Waals surface area contributed by atoms with E-state index in [1.165, 1.54) is 48.5 Å². The number of carbonyl (C=O) groups is 2. The first kappa shape index (κ1) is 19.6. The van der Waals surface area contributed by atoms with Crippen molar-refractivity contribution in [2.24, 2.45) is 0 Å². The Hall–Kier alpha value is -4.20. The number of carboxylic acid groups (broad SMARTS) is 1. The second-order valence-electron chi connectivity index (χ2n) is 6.17. The minimum absolute atomic E-state index is 0.0450. The van der Waals surface area contributed by atoms with Gasteiger partial charge in [0.2, 0.25) is 0 Å². The Balaban J connectivity index is 1.71. The molecule has 3 rings (SSSR count). The zero-order valence-corrected chi connectivity index (χ0v) is 15.2. The Labute approximate surface area is 165 Å². The van der Waals surface area contributed by atoms with Crippen LogP contribution >= 0.6 is 0 Å². The number of nitrogens with one attached hydrogen (secondary N) is 1. The topological polar surface area (TPSA) is 122 Å². The van der Waals surface area contributed by atoms with Gasteiger partial charge in [0.25, 0.3) is 11.6 Å². The number of aryl methyl sites for hydroxylation is 1. The molecule has 0 fully saturated rings. The van der Waals surface area contributed by atoms with E-state index in [-0.39, 0.29) is 16.9 Å². The molecule has 0 aliphatic heterocycles. The Bertz CT molecular complexity index is 1080. The molecular weight excluding hydrogens is 376 g/mol. The van der Waals surface area contributed by atoms with Gasteiger partial charge in [0, 0.05) is 23.3 Å². The van der Waals surface area contributed by atoms with Gasteiger partial charge < -0.3 is 20.0 Å². The number of hydrogen-bond donors (Lipinski definition) is 1. The van der Waals surface area contributed by atoms with Crippen LogP contribution in [0.5, 0.6) is 11.5 Å². The minimum atomic E-state index is -1.38. The number of ether oxygens (including phenoxy) is 1. The molecular formula is C21H15N2O6-. The number of hydrogen-bond acceptors (Lipinski definition) is 6. The summed E-state index contributed by atoms with van der Waals surface area (Å²) in [6.45, 7) is 1.74. The molecule has 8 heteroatoms. The summed E-state index contributed by atoms with van der Waals surface area (Å²) in [5, 5.41) is 24.5. The molecule has 0 saturated heterocycles. The number of aromatic carboxylic acids is 1. The smallest absolute Gasteiger partial charge is 0.269 e. The highest BCUT2D eigenvalue weighted by atomic mass is 16.6. The van der Waals surface area contributed by atoms with Gasteiger partial charge in [-0.05, 0) is 55.5 Å². The van der Waals surface area contributed by atoms with Gasteiger partial charge in [0.05, 0.1) is 16.6 Å². The maximum Gasteiger partial charge on any atom is 0.269 e. The quantitative estimate of drug-likeness (QED) is 0.508. The number of nitro benzene ring substituents is 1. The molecule has 0 aliphatic carbocycles. The third-order valence-corrected chi connectivity index (χ3v) is 4.04. The van der Waals surface area contributed by atoms with Crippen LogP contribution in [0.4, 0.5) is 11.4 Å². The summed E-state index contributed by atoms with van der Waals surface area (Å²) in [6, 6.07) is 16.4. The monoisotopic (exact) mass is 391 g/mol. The van der Waals surface area contributed by atoms with Crippen molar-refractivity contribution in [2.75, 3.05) is 5.32 Å². The van der Waals surface area contributed by atoms with Crippen LogP contribution in [0.25, 0.3) is 0 Å². The molecule has 1 N–H and O–H groups in total. The summed E-state index contributed by atoms with van der Waals surface area (Å²) in [4.78, 5) is 33.8. The highest BCUT2D eigenvalue weighted by molar-refractivity contribution is 6.07. The highest BCUT2D eigenvalue weighted by Gasteiger charge is 2.11. The van der Waals surface area contributed by atoms with E-state index in [0.29, 0.717) is 17.1 Å². The molecule has 29 heavy (non-hydrogen) atoms. The second kappa shape index (κ2) is 8.22. The number of benzene rings is 3. The van der Waals surface area contributed by atoms with Crippen molar-refractivity contribution < 1.29 is 24.4 Å². The van der Waals surface area contributed by atoms with Crippen molar-refractivity contribution in [1.29, 1.82) is 0 Å². The number of rotatable bonds is 6. The minimum Gasteiger partial charge on any atom is -0.545 e. The molecule has 0 spiro atoms. The number of anilines is 1. The lowest BCUT2D eigenvalue weighted by Gasteiger charge is -2.13. The lowest BCUT2D eigenvalue weighted by Crippen LogP contribution is -2.25. The standard InChI is InChI=1S/C21H16N2O6/c1-13-2-11-19(18(12-13)21(25)26)22-20(24)14-3-7-16(8-4-14)29-17-9-5-15(6-10-17)23(27)28/h2-12H,1H3,(H,22,24)(H,25,26)/p-1. The number of carboxylic acids is 1. The molecule has 8 nitrogen and oxygen atoms in total. The van der Waals surface area contributed by atoms with Crippen LogP contribution in [-0.4, -0.2) is 16.8 Å². The summed E-state index contributed by atoms with van der Waals surface area (Å²) < 4.78 is 5.59. The molecule has 0 unspecified atom stereocenters. The first-order chi connectivity index (χ1) is 13.8. The molecule has 0 aliphatic rings. The Morgan fingerprint density at radius 1 is 0.931 bits per heavy atom. The van der Waals surface area contributed by atoms with Crippen molar-refractivity contribution in [3.05, 3.63) is 93.5 Å². The Kier molecular flexibility index (Phi) is 5.54. The predicted molar refractivity (Wildman–Crippen MR) is 103 cm³/mol. The van der Waals surface area contributed by atoms with E-state index in [0.717, 1.165) is 5.56 Å². The van der Waals surface area contributed by atoms with Gasteiger partial charge >= 0.3 is 0 Å². The Morgan fingerprint density at radius 3 is 2.07 bits per heavy atom. The fraction of sp³-hybridized carbons (Fsp3) is 0.0476. The lowest BCUT2D eigenvalue weighted by atomic mass is 10.1. The van der Waals surface area contributed by atoms with Gasteiger partial charge in [-0.15, -0.1) is 0 Å². The summed E-state index contributed by atoms with van der Waals surface area (Å²) in [6.07, 6.45) is 0. The van der Waals surface area contributed by atoms with E-state index < -0.39 is 16.8 Å². The summed E-state index contributed by atoms with van der Waals surface area (Å²) in [5.41, 5.74) is 1.03. The van der Waals surface area contributed by atoms with Gasteiger partial charge in [-0.2, -0.15) is 0 Å². The zero-order valence-electron chi connectivity index (χ0n) is 15.2. The number of non-ortho nitro benzene ring substituents is 1. The van der Waals surface area contributed by atoms with Crippen LogP contribution < -0.4 is 15.2 Å². The van der Waals surface area contributed by atoms with Gasteiger partial charge in [-0.3, -0.25) is 14.9 Å². The van der Waals surface area contributed by atoms with Crippen molar-refractivity contribution in [1.82, 2.24) is 0 Å². The third kappa shape index (κ3) is 4.75. The van der Waals surface area contributed by atoms with Gasteiger partial charge in [0.1, 0.15) is 11.5 Å². The van der Waals surface area contributed by atoms with Crippen molar-refractivity contribution >= 4 is 23.3 Å². The van der Waals surface area contributed by atoms with Crippen molar-refractivity contribution in [2.45, 2.75) is 6.92 Å². The average Bonchev–Trinajstić information content (AvgIpc) is 2.70. The van der Waals surface area contributed by atoms with Gasteiger partial charge in [-0.25, -0.2) is 0 Å². The summed E-state index contributed by atoms with van der Waals surface area (Å²) >= 11 is 0. The van der Waals surface area contributed by atoms with Crippen LogP contribution in [0.2, 0.25) is 0 Å². The first-order valence-electron chi connectivity index (χ1n) is 8.49. The molecule has 0 saturated carbocycles. The molecule has 146 valence electrons. The summed E-state index contributed by atoms with van der Waals surface area (Å²) in [5.74, 6) is -1.03. The molecule has 3 aromatic rings. The number of carbonyl (C=O) groups excluding carboxylic acids is 2. The van der Waals surface area contributed by atoms with Crippen LogP contribution in [-0.2, 0) is 0 Å². The molecule has 1 amide bonds. The molecule has 3 aromatic carbocycles. The van der Waals surface area contributed by atoms with E-state index in [4.69, 9.17) is 4.74 Å². The zero-order chi connectivity index (χ0) is 21.0. The predicted octanol–water partition coefficient (Wildman–Crippen LogP) is 3.31. The molecule has 0 heterocycles. The Morgan fingerprint density at radius 2 is 1.52 bits per heavy atom. The normalized spacial score (nSPS) is 10.2. The van der Waals surface area contributed by atoms with Crippen molar-refractivity contribution in [3.63, 3.8) is 0 Å². The first-order valence-corrected chi connectivity index (χ1v) is 8.49. The van der Waals surface area contributed by atoms with Crippen molar-refractivity contribution in [3.8, 4) is 11.5 Å². The van der Waals surface area contributed by atoms with Crippen LogP contribution in [0.1, 0.15) is 26.3 Å². The number of amides is 1. The third-order valence-electron chi connectivity index (χ3n) is 4.04. The fourth-order valence-corrected chi connectivity index (χ4v) is 2.58. The second-order valence-corrected chi connectivity index (χ2v) is 6.17. The fourth-order valence-electron chi connectivity index (χ4n) is 2.58. The molecule has 0 bridgehead atoms. The number of nitrogens with zero attached hydrogens (tertiary/aromatic N) is 1. The average molecular weight is 391 g/mol. The van der Waals surface area contributed by atoms with Gasteiger partial charge in [-0.1, -0.05) is 11.6 Å². The maximum absolute atomic E-state index is 12.4. The maximum atomic E-state index is 12.4. The van der Waals surface area contributed by atoms with E-state index in [2.05, 4.69) is 5.32 Å². The van der Waals surface area contributed by atoms with Crippen LogP contribution in [0, 0.1) is 17.0 Å². The van der Waals surface area contributed by atoms with E-state index >= 15 is 0 Å². The van der Waals surface area contributed by atoms with E-state index in [9.17, 15) is 24.8 Å². The molecule has 0 aromatic heterocycles. The molecule has 0 radical (unpaired) electrons. The van der Waals surface area contributed by atoms with Crippen LogP contribution in [0.15, 0.2) is 66.7 Å². The van der Waals surface area contributed by atoms with Crippen LogP contribution in [0.3, 0.4) is 0 Å². The van der Waals surface area contributed by atoms with E-state index in [1.807, 2.05) is 0 Å². The highest BCUT2D eigenvalue weighted by Crippen LogP contribution is 2.24. The SMILES string of the molecule is Cc1ccc(NC(=O)c2ccc(Oc3ccc([N+](=O)[O-])cc3)cc2)c(C(=O)[O-])c1. The number of nitro groups is 1.